The first kappa shape index (κ1) is 20.6. The second-order valence-corrected chi connectivity index (χ2v) is 7.96. The van der Waals surface area contributed by atoms with E-state index in [1.165, 1.54) is 0 Å². The maximum absolute atomic E-state index is 12.7. The van der Waals surface area contributed by atoms with Crippen molar-refractivity contribution >= 4 is 40.7 Å². The van der Waals surface area contributed by atoms with Crippen molar-refractivity contribution in [2.24, 2.45) is 11.7 Å². The van der Waals surface area contributed by atoms with Crippen LogP contribution in [0.1, 0.15) is 34.3 Å². The Kier molecular flexibility index (Phi) is 6.60. The molecule has 0 aliphatic carbocycles. The van der Waals surface area contributed by atoms with E-state index < -0.39 is 5.91 Å². The van der Waals surface area contributed by atoms with Crippen molar-refractivity contribution in [3.63, 3.8) is 0 Å². The van der Waals surface area contributed by atoms with Gasteiger partial charge < -0.3 is 11.1 Å². The molecule has 0 atom stereocenters. The summed E-state index contributed by atoms with van der Waals surface area (Å²) in [6, 6.07) is 10.7. The van der Waals surface area contributed by atoms with Gasteiger partial charge in [0.25, 0.3) is 0 Å². The second-order valence-electron chi connectivity index (χ2n) is 7.12. The molecule has 3 rings (SSSR count). The van der Waals surface area contributed by atoms with Gasteiger partial charge in [-0.2, -0.15) is 0 Å². The molecule has 0 spiro atoms. The molecule has 148 valence electrons. The molecule has 1 aliphatic heterocycles. The summed E-state index contributed by atoms with van der Waals surface area (Å²) in [5.74, 6) is -0.578. The summed E-state index contributed by atoms with van der Waals surface area (Å²) in [6.07, 6.45) is 1.54. The molecule has 0 saturated carbocycles. The molecule has 1 fully saturated rings. The van der Waals surface area contributed by atoms with Crippen molar-refractivity contribution in [2.75, 3.05) is 18.4 Å². The molecule has 28 heavy (non-hydrogen) atoms. The molecular formula is C21H23Cl2N3O2. The number of hydrogen-bond acceptors (Lipinski definition) is 3. The smallest absolute Gasteiger partial charge is 0.249 e. The monoisotopic (exact) mass is 419 g/mol. The summed E-state index contributed by atoms with van der Waals surface area (Å²) < 4.78 is 0. The summed E-state index contributed by atoms with van der Waals surface area (Å²) >= 11 is 12.2. The van der Waals surface area contributed by atoms with Crippen molar-refractivity contribution in [1.82, 2.24) is 4.90 Å². The number of piperidine rings is 1. The minimum absolute atomic E-state index is 0.0195. The summed E-state index contributed by atoms with van der Waals surface area (Å²) in [7, 11) is 0. The van der Waals surface area contributed by atoms with Gasteiger partial charge in [0.1, 0.15) is 0 Å². The average molecular weight is 420 g/mol. The van der Waals surface area contributed by atoms with Crippen LogP contribution in [0.3, 0.4) is 0 Å². The lowest BCUT2D eigenvalue weighted by Crippen LogP contribution is -2.38. The zero-order valence-electron chi connectivity index (χ0n) is 15.7. The fourth-order valence-corrected chi connectivity index (χ4v) is 3.99. The van der Waals surface area contributed by atoms with E-state index in [2.05, 4.69) is 10.2 Å². The molecule has 0 aromatic heterocycles. The Morgan fingerprint density at radius 2 is 1.89 bits per heavy atom. The lowest BCUT2D eigenvalue weighted by molar-refractivity contribution is -0.121. The van der Waals surface area contributed by atoms with Crippen molar-refractivity contribution in [1.29, 1.82) is 0 Å². The Morgan fingerprint density at radius 1 is 1.18 bits per heavy atom. The van der Waals surface area contributed by atoms with Gasteiger partial charge in [-0.3, -0.25) is 14.5 Å². The van der Waals surface area contributed by atoms with Crippen LogP contribution in [0.15, 0.2) is 36.4 Å². The Balaban J connectivity index is 1.57. The number of likely N-dealkylation sites (tertiary alicyclic amines) is 1. The van der Waals surface area contributed by atoms with E-state index >= 15 is 0 Å². The summed E-state index contributed by atoms with van der Waals surface area (Å²) in [4.78, 5) is 26.4. The highest BCUT2D eigenvalue weighted by Crippen LogP contribution is 2.26. The molecule has 1 saturated heterocycles. The number of carbonyl (C=O) groups is 2. The second kappa shape index (κ2) is 8.95. The van der Waals surface area contributed by atoms with E-state index in [0.717, 1.165) is 38.0 Å². The lowest BCUT2D eigenvalue weighted by atomic mass is 9.95. The highest BCUT2D eigenvalue weighted by molar-refractivity contribution is 6.35. The van der Waals surface area contributed by atoms with Gasteiger partial charge in [0.2, 0.25) is 11.8 Å². The first-order chi connectivity index (χ1) is 13.3. The molecule has 2 aromatic rings. The number of rotatable bonds is 5. The third-order valence-corrected chi connectivity index (χ3v) is 5.81. The molecule has 1 aliphatic rings. The Morgan fingerprint density at radius 3 is 2.54 bits per heavy atom. The van der Waals surface area contributed by atoms with Gasteiger partial charge in [0.15, 0.2) is 0 Å². The maximum Gasteiger partial charge on any atom is 0.249 e. The van der Waals surface area contributed by atoms with Crippen LogP contribution in [0.5, 0.6) is 0 Å². The van der Waals surface area contributed by atoms with Gasteiger partial charge in [0, 0.05) is 33.8 Å². The number of nitrogens with one attached hydrogen (secondary N) is 1. The number of carbonyl (C=O) groups excluding carboxylic acids is 2. The zero-order valence-corrected chi connectivity index (χ0v) is 17.2. The summed E-state index contributed by atoms with van der Waals surface area (Å²) in [5.41, 5.74) is 8.17. The molecule has 2 amide bonds. The first-order valence-electron chi connectivity index (χ1n) is 9.21. The van der Waals surface area contributed by atoms with Gasteiger partial charge in [-0.15, -0.1) is 0 Å². The highest BCUT2D eigenvalue weighted by atomic mass is 35.5. The predicted octanol–water partition coefficient (Wildman–Crippen LogP) is 4.25. The molecule has 5 nitrogen and oxygen atoms in total. The molecule has 2 aromatic carbocycles. The van der Waals surface area contributed by atoms with Gasteiger partial charge in [0.05, 0.1) is 0 Å². The fraction of sp³-hybridized carbons (Fsp3) is 0.333. The first-order valence-corrected chi connectivity index (χ1v) is 9.97. The Hall–Kier alpha value is -2.08. The van der Waals surface area contributed by atoms with Crippen LogP contribution in [0.4, 0.5) is 5.69 Å². The predicted molar refractivity (Wildman–Crippen MR) is 113 cm³/mol. The largest absolute Gasteiger partial charge is 0.366 e. The minimum atomic E-state index is -0.497. The number of anilines is 1. The van der Waals surface area contributed by atoms with Crippen molar-refractivity contribution < 1.29 is 9.59 Å². The molecule has 0 unspecified atom stereocenters. The van der Waals surface area contributed by atoms with E-state index in [-0.39, 0.29) is 11.8 Å². The highest BCUT2D eigenvalue weighted by Gasteiger charge is 2.26. The molecule has 0 radical (unpaired) electrons. The summed E-state index contributed by atoms with van der Waals surface area (Å²) in [5, 5.41) is 4.24. The molecule has 3 N–H and O–H groups in total. The van der Waals surface area contributed by atoms with E-state index in [0.29, 0.717) is 26.9 Å². The third-order valence-electron chi connectivity index (χ3n) is 5.22. The molecular weight excluding hydrogens is 397 g/mol. The molecule has 1 heterocycles. The fourth-order valence-electron chi connectivity index (χ4n) is 3.52. The third kappa shape index (κ3) is 4.85. The van der Waals surface area contributed by atoms with Crippen LogP contribution in [-0.2, 0) is 11.3 Å². The number of primary amides is 1. The standard InChI is InChI=1S/C21H23Cl2N3O2/c1-13-17(20(24)27)3-2-4-19(13)25-21(28)14-7-9-26(10-8-14)12-15-5-6-16(22)11-18(15)23/h2-6,11,14H,7-10,12H2,1H3,(H2,24,27)(H,25,28). The van der Waals surface area contributed by atoms with Crippen LogP contribution in [0.2, 0.25) is 10.0 Å². The number of halogens is 2. The van der Waals surface area contributed by atoms with Crippen LogP contribution in [0, 0.1) is 12.8 Å². The minimum Gasteiger partial charge on any atom is -0.366 e. The Labute approximate surface area is 174 Å². The quantitative estimate of drug-likeness (QED) is 0.760. The topological polar surface area (TPSA) is 75.4 Å². The van der Waals surface area contributed by atoms with Gasteiger partial charge in [-0.1, -0.05) is 35.3 Å². The average Bonchev–Trinajstić information content (AvgIpc) is 2.66. The van der Waals surface area contributed by atoms with Crippen LogP contribution < -0.4 is 11.1 Å². The zero-order chi connectivity index (χ0) is 20.3. The van der Waals surface area contributed by atoms with Gasteiger partial charge >= 0.3 is 0 Å². The van der Waals surface area contributed by atoms with E-state index in [4.69, 9.17) is 28.9 Å². The van der Waals surface area contributed by atoms with Crippen LogP contribution in [-0.4, -0.2) is 29.8 Å². The number of nitrogens with two attached hydrogens (primary N) is 1. The van der Waals surface area contributed by atoms with E-state index in [1.54, 1.807) is 31.2 Å². The van der Waals surface area contributed by atoms with Crippen molar-refractivity contribution in [3.05, 3.63) is 63.1 Å². The van der Waals surface area contributed by atoms with Crippen LogP contribution >= 0.6 is 23.2 Å². The van der Waals surface area contributed by atoms with Crippen molar-refractivity contribution in [3.8, 4) is 0 Å². The molecule has 0 bridgehead atoms. The number of hydrogen-bond donors (Lipinski definition) is 2. The van der Waals surface area contributed by atoms with E-state index in [1.807, 2.05) is 12.1 Å². The van der Waals surface area contributed by atoms with Crippen LogP contribution in [0.25, 0.3) is 0 Å². The SMILES string of the molecule is Cc1c(NC(=O)C2CCN(Cc3ccc(Cl)cc3Cl)CC2)cccc1C(N)=O. The van der Waals surface area contributed by atoms with Gasteiger partial charge in [-0.05, 0) is 68.2 Å². The van der Waals surface area contributed by atoms with Gasteiger partial charge in [-0.25, -0.2) is 0 Å². The number of nitrogens with zero attached hydrogens (tertiary/aromatic N) is 1. The molecule has 7 heteroatoms. The summed E-state index contributed by atoms with van der Waals surface area (Å²) in [6.45, 7) is 4.16. The Bertz CT molecular complexity index is 893. The lowest BCUT2D eigenvalue weighted by Gasteiger charge is -2.31. The maximum atomic E-state index is 12.7. The number of benzene rings is 2. The normalized spacial score (nSPS) is 15.4. The van der Waals surface area contributed by atoms with E-state index in [9.17, 15) is 9.59 Å². The number of amides is 2. The van der Waals surface area contributed by atoms with Crippen molar-refractivity contribution in [2.45, 2.75) is 26.3 Å².